The highest BCUT2D eigenvalue weighted by Crippen LogP contribution is 2.34. The number of aliphatic hydroxyl groups is 1. The van der Waals surface area contributed by atoms with Crippen LogP contribution in [0.4, 0.5) is 0 Å². The van der Waals surface area contributed by atoms with Crippen molar-refractivity contribution in [1.29, 1.82) is 0 Å². The smallest absolute Gasteiger partial charge is 0.0969 e. The third-order valence-electron chi connectivity index (χ3n) is 2.76. The molecule has 0 unspecified atom stereocenters. The van der Waals surface area contributed by atoms with E-state index in [0.29, 0.717) is 5.25 Å². The largest absolute Gasteiger partial charge is 0.392 e. The topological polar surface area (TPSA) is 33.1 Å². The first-order chi connectivity index (χ1) is 7.15. The fourth-order valence-corrected chi connectivity index (χ4v) is 3.40. The zero-order valence-corrected chi connectivity index (χ0v) is 10.0. The molecule has 2 nitrogen and oxygen atoms in total. The van der Waals surface area contributed by atoms with Gasteiger partial charge < -0.3 is 5.11 Å². The molecule has 2 atom stereocenters. The van der Waals surface area contributed by atoms with E-state index in [-0.39, 0.29) is 6.10 Å². The van der Waals surface area contributed by atoms with Gasteiger partial charge >= 0.3 is 0 Å². The predicted molar refractivity (Wildman–Crippen MR) is 63.2 cm³/mol. The van der Waals surface area contributed by atoms with Crippen LogP contribution in [0.3, 0.4) is 0 Å². The van der Waals surface area contributed by atoms with Gasteiger partial charge in [0.25, 0.3) is 0 Å². The third kappa shape index (κ3) is 2.73. The van der Waals surface area contributed by atoms with E-state index < -0.39 is 0 Å². The standard InChI is InChI=1S/C12H17NOS/c1-8-6-9(2)13-12(7-8)15-11-5-3-4-10(11)14/h6-7,10-11,14H,3-5H2,1-2H3/t10-,11-/m0/s1. The molecule has 1 saturated carbocycles. The van der Waals surface area contributed by atoms with Crippen LogP contribution in [0.25, 0.3) is 0 Å². The van der Waals surface area contributed by atoms with Crippen LogP contribution in [0.5, 0.6) is 0 Å². The summed E-state index contributed by atoms with van der Waals surface area (Å²) in [5.74, 6) is 0. The van der Waals surface area contributed by atoms with Crippen LogP contribution in [-0.4, -0.2) is 21.4 Å². The number of pyridine rings is 1. The van der Waals surface area contributed by atoms with Crippen LogP contribution >= 0.6 is 11.8 Å². The van der Waals surface area contributed by atoms with Gasteiger partial charge in [-0.1, -0.05) is 0 Å². The summed E-state index contributed by atoms with van der Waals surface area (Å²) < 4.78 is 0. The number of aryl methyl sites for hydroxylation is 2. The minimum Gasteiger partial charge on any atom is -0.392 e. The van der Waals surface area contributed by atoms with Gasteiger partial charge in [-0.3, -0.25) is 0 Å². The van der Waals surface area contributed by atoms with Gasteiger partial charge in [-0.05, 0) is 50.8 Å². The first-order valence-corrected chi connectivity index (χ1v) is 6.33. The van der Waals surface area contributed by atoms with Gasteiger partial charge in [-0.15, -0.1) is 11.8 Å². The minimum atomic E-state index is -0.141. The Morgan fingerprint density at radius 1 is 1.33 bits per heavy atom. The van der Waals surface area contributed by atoms with Gasteiger partial charge in [0.05, 0.1) is 11.1 Å². The maximum absolute atomic E-state index is 9.74. The minimum absolute atomic E-state index is 0.141. The number of hydrogen-bond donors (Lipinski definition) is 1. The summed E-state index contributed by atoms with van der Waals surface area (Å²) in [5.41, 5.74) is 2.31. The van der Waals surface area contributed by atoms with Crippen molar-refractivity contribution in [2.24, 2.45) is 0 Å². The Morgan fingerprint density at radius 2 is 2.13 bits per heavy atom. The van der Waals surface area contributed by atoms with E-state index in [0.717, 1.165) is 30.0 Å². The van der Waals surface area contributed by atoms with E-state index in [9.17, 15) is 5.11 Å². The summed E-state index contributed by atoms with van der Waals surface area (Å²) in [6.07, 6.45) is 3.06. The molecule has 0 amide bonds. The summed E-state index contributed by atoms with van der Waals surface area (Å²) >= 11 is 1.73. The SMILES string of the molecule is Cc1cc(C)nc(S[C@H]2CCC[C@@H]2O)c1. The van der Waals surface area contributed by atoms with Crippen LogP contribution in [0.2, 0.25) is 0 Å². The number of nitrogens with zero attached hydrogens (tertiary/aromatic N) is 1. The molecule has 1 heterocycles. The number of aromatic nitrogens is 1. The van der Waals surface area contributed by atoms with Gasteiger partial charge in [0, 0.05) is 10.9 Å². The number of hydrogen-bond acceptors (Lipinski definition) is 3. The molecule has 82 valence electrons. The molecular weight excluding hydrogens is 206 g/mol. The second kappa shape index (κ2) is 4.54. The van der Waals surface area contributed by atoms with Crippen LogP contribution < -0.4 is 0 Å². The molecule has 1 fully saturated rings. The predicted octanol–water partition coefficient (Wildman–Crippen LogP) is 2.70. The Kier molecular flexibility index (Phi) is 3.32. The van der Waals surface area contributed by atoms with Gasteiger partial charge in [0.1, 0.15) is 0 Å². The monoisotopic (exact) mass is 223 g/mol. The van der Waals surface area contributed by atoms with Crippen molar-refractivity contribution in [2.45, 2.75) is 49.5 Å². The first-order valence-electron chi connectivity index (χ1n) is 5.45. The summed E-state index contributed by atoms with van der Waals surface area (Å²) in [6.45, 7) is 4.10. The van der Waals surface area contributed by atoms with Crippen LogP contribution in [0.15, 0.2) is 17.2 Å². The Balaban J connectivity index is 2.10. The zero-order valence-electron chi connectivity index (χ0n) is 9.23. The zero-order chi connectivity index (χ0) is 10.8. The molecule has 0 spiro atoms. The number of thioether (sulfide) groups is 1. The molecule has 0 saturated heterocycles. The van der Waals surface area contributed by atoms with Crippen molar-refractivity contribution in [3.63, 3.8) is 0 Å². The van der Waals surface area contributed by atoms with Crippen LogP contribution in [0.1, 0.15) is 30.5 Å². The van der Waals surface area contributed by atoms with Gasteiger partial charge in [-0.25, -0.2) is 4.98 Å². The highest BCUT2D eigenvalue weighted by Gasteiger charge is 2.26. The lowest BCUT2D eigenvalue weighted by molar-refractivity contribution is 0.188. The maximum atomic E-state index is 9.74. The number of aliphatic hydroxyl groups excluding tert-OH is 1. The Hall–Kier alpha value is -0.540. The highest BCUT2D eigenvalue weighted by molar-refractivity contribution is 7.99. The van der Waals surface area contributed by atoms with Gasteiger partial charge in [0.2, 0.25) is 0 Å². The molecule has 1 aromatic heterocycles. The van der Waals surface area contributed by atoms with Crippen molar-refractivity contribution < 1.29 is 5.11 Å². The van der Waals surface area contributed by atoms with Crippen LogP contribution in [-0.2, 0) is 0 Å². The summed E-state index contributed by atoms with van der Waals surface area (Å²) in [4.78, 5) is 4.48. The lowest BCUT2D eigenvalue weighted by atomic mass is 10.3. The average Bonchev–Trinajstić information content (AvgIpc) is 2.50. The molecule has 0 bridgehead atoms. The fraction of sp³-hybridized carbons (Fsp3) is 0.583. The van der Waals surface area contributed by atoms with Gasteiger partial charge in [0.15, 0.2) is 0 Å². The maximum Gasteiger partial charge on any atom is 0.0969 e. The summed E-state index contributed by atoms with van der Waals surface area (Å²) in [7, 11) is 0. The Labute approximate surface area is 95.1 Å². The molecule has 1 aliphatic rings. The molecule has 1 aromatic rings. The Morgan fingerprint density at radius 3 is 2.73 bits per heavy atom. The van der Waals surface area contributed by atoms with Crippen molar-refractivity contribution in [3.8, 4) is 0 Å². The normalized spacial score (nSPS) is 25.8. The highest BCUT2D eigenvalue weighted by atomic mass is 32.2. The van der Waals surface area contributed by atoms with Crippen molar-refractivity contribution in [1.82, 2.24) is 4.98 Å². The summed E-state index contributed by atoms with van der Waals surface area (Å²) in [6, 6.07) is 4.18. The molecule has 0 aromatic carbocycles. The van der Waals surface area contributed by atoms with Crippen molar-refractivity contribution in [3.05, 3.63) is 23.4 Å². The third-order valence-corrected chi connectivity index (χ3v) is 4.07. The lowest BCUT2D eigenvalue weighted by Gasteiger charge is -2.13. The van der Waals surface area contributed by atoms with E-state index in [4.69, 9.17) is 0 Å². The lowest BCUT2D eigenvalue weighted by Crippen LogP contribution is -2.15. The molecule has 3 heteroatoms. The van der Waals surface area contributed by atoms with Crippen molar-refractivity contribution >= 4 is 11.8 Å². The molecule has 1 aliphatic carbocycles. The van der Waals surface area contributed by atoms with E-state index >= 15 is 0 Å². The Bertz CT molecular complexity index is 333. The quantitative estimate of drug-likeness (QED) is 0.837. The molecule has 2 rings (SSSR count). The second-order valence-electron chi connectivity index (χ2n) is 4.28. The molecule has 15 heavy (non-hydrogen) atoms. The molecule has 1 N–H and O–H groups in total. The van der Waals surface area contributed by atoms with E-state index in [1.807, 2.05) is 6.92 Å². The summed E-state index contributed by atoms with van der Waals surface area (Å²) in [5, 5.41) is 11.1. The van der Waals surface area contributed by atoms with Crippen LogP contribution in [0, 0.1) is 13.8 Å². The molecule has 0 aliphatic heterocycles. The molecule has 0 radical (unpaired) electrons. The van der Waals surface area contributed by atoms with E-state index in [1.165, 1.54) is 5.56 Å². The average molecular weight is 223 g/mol. The van der Waals surface area contributed by atoms with Gasteiger partial charge in [-0.2, -0.15) is 0 Å². The van der Waals surface area contributed by atoms with E-state index in [2.05, 4.69) is 24.0 Å². The second-order valence-corrected chi connectivity index (χ2v) is 5.54. The fourth-order valence-electron chi connectivity index (χ4n) is 2.06. The molecular formula is C12H17NOS. The number of rotatable bonds is 2. The first kappa shape index (κ1) is 11.0. The van der Waals surface area contributed by atoms with E-state index in [1.54, 1.807) is 11.8 Å². The van der Waals surface area contributed by atoms with Crippen molar-refractivity contribution in [2.75, 3.05) is 0 Å².